The molecule has 1 heterocycles. The maximum Gasteiger partial charge on any atom is 0.168 e. The molecule has 0 spiro atoms. The number of benzene rings is 1. The minimum atomic E-state index is 0.388. The molecule has 1 aromatic heterocycles. The smallest absolute Gasteiger partial charge is 0.168 e. The summed E-state index contributed by atoms with van der Waals surface area (Å²) < 4.78 is 5.70. The van der Waals surface area contributed by atoms with Gasteiger partial charge in [0.2, 0.25) is 0 Å². The predicted molar refractivity (Wildman–Crippen MR) is 81.0 cm³/mol. The van der Waals surface area contributed by atoms with Gasteiger partial charge >= 0.3 is 0 Å². The van der Waals surface area contributed by atoms with Gasteiger partial charge in [0.15, 0.2) is 5.82 Å². The second-order valence-corrected chi connectivity index (χ2v) is 4.54. The highest BCUT2D eigenvalue weighted by atomic mass is 16.5. The van der Waals surface area contributed by atoms with Gasteiger partial charge in [0.05, 0.1) is 0 Å². The van der Waals surface area contributed by atoms with E-state index in [4.69, 9.17) is 4.74 Å². The first-order chi connectivity index (χ1) is 9.81. The molecule has 0 amide bonds. The molecule has 0 saturated carbocycles. The standard InChI is InChI=1S/C16H21N3O/c1-3-10-17-15-11-13(4-2)18-16(19-15)12-20-14-8-6-5-7-9-14/h5-9,11H,3-4,10,12H2,1-2H3,(H,17,18,19). The summed E-state index contributed by atoms with van der Waals surface area (Å²) in [4.78, 5) is 8.99. The van der Waals surface area contributed by atoms with Gasteiger partial charge in [-0.2, -0.15) is 0 Å². The fourth-order valence-corrected chi connectivity index (χ4v) is 1.81. The minimum absolute atomic E-state index is 0.388. The lowest BCUT2D eigenvalue weighted by Gasteiger charge is -2.09. The molecule has 0 radical (unpaired) electrons. The Labute approximate surface area is 120 Å². The summed E-state index contributed by atoms with van der Waals surface area (Å²) >= 11 is 0. The van der Waals surface area contributed by atoms with Gasteiger partial charge in [0.1, 0.15) is 18.2 Å². The lowest BCUT2D eigenvalue weighted by Crippen LogP contribution is -2.09. The van der Waals surface area contributed by atoms with Gasteiger partial charge in [-0.05, 0) is 25.0 Å². The number of hydrogen-bond acceptors (Lipinski definition) is 4. The molecule has 106 valence electrons. The van der Waals surface area contributed by atoms with Crippen LogP contribution in [0.2, 0.25) is 0 Å². The van der Waals surface area contributed by atoms with Gasteiger partial charge in [-0.25, -0.2) is 9.97 Å². The van der Waals surface area contributed by atoms with E-state index in [0.717, 1.165) is 36.6 Å². The monoisotopic (exact) mass is 271 g/mol. The van der Waals surface area contributed by atoms with Crippen LogP contribution in [0.15, 0.2) is 36.4 Å². The van der Waals surface area contributed by atoms with Crippen molar-refractivity contribution in [3.8, 4) is 5.75 Å². The third-order valence-corrected chi connectivity index (χ3v) is 2.85. The van der Waals surface area contributed by atoms with Gasteiger partial charge in [-0.1, -0.05) is 32.0 Å². The van der Waals surface area contributed by atoms with Crippen LogP contribution in [-0.4, -0.2) is 16.5 Å². The Morgan fingerprint density at radius 2 is 1.90 bits per heavy atom. The van der Waals surface area contributed by atoms with E-state index in [0.29, 0.717) is 12.4 Å². The van der Waals surface area contributed by atoms with Crippen LogP contribution in [0.3, 0.4) is 0 Å². The summed E-state index contributed by atoms with van der Waals surface area (Å²) in [6, 6.07) is 11.7. The van der Waals surface area contributed by atoms with Crippen LogP contribution in [0.25, 0.3) is 0 Å². The zero-order chi connectivity index (χ0) is 14.2. The Morgan fingerprint density at radius 3 is 2.60 bits per heavy atom. The van der Waals surface area contributed by atoms with E-state index in [2.05, 4.69) is 29.1 Å². The summed E-state index contributed by atoms with van der Waals surface area (Å²) in [5.74, 6) is 2.43. The van der Waals surface area contributed by atoms with E-state index in [1.807, 2.05) is 36.4 Å². The number of ether oxygens (including phenoxy) is 1. The quantitative estimate of drug-likeness (QED) is 0.838. The van der Waals surface area contributed by atoms with E-state index in [1.165, 1.54) is 0 Å². The van der Waals surface area contributed by atoms with Crippen molar-refractivity contribution in [3.63, 3.8) is 0 Å². The molecule has 0 aliphatic rings. The van der Waals surface area contributed by atoms with Crippen molar-refractivity contribution >= 4 is 5.82 Å². The molecule has 2 rings (SSSR count). The van der Waals surface area contributed by atoms with Crippen molar-refractivity contribution in [2.45, 2.75) is 33.3 Å². The average molecular weight is 271 g/mol. The van der Waals surface area contributed by atoms with E-state index in [1.54, 1.807) is 0 Å². The first-order valence-electron chi connectivity index (χ1n) is 7.10. The number of aryl methyl sites for hydroxylation is 1. The van der Waals surface area contributed by atoms with Crippen molar-refractivity contribution in [3.05, 3.63) is 47.9 Å². The molecule has 0 aliphatic heterocycles. The highest BCUT2D eigenvalue weighted by molar-refractivity contribution is 5.36. The SMILES string of the molecule is CCCNc1cc(CC)nc(COc2ccccc2)n1. The maximum atomic E-state index is 5.70. The number of para-hydroxylation sites is 1. The van der Waals surface area contributed by atoms with E-state index in [-0.39, 0.29) is 0 Å². The van der Waals surface area contributed by atoms with Crippen molar-refractivity contribution < 1.29 is 4.74 Å². The Kier molecular flexibility index (Phi) is 5.35. The molecule has 1 aromatic carbocycles. The summed E-state index contributed by atoms with van der Waals surface area (Å²) in [5, 5.41) is 3.30. The summed E-state index contributed by atoms with van der Waals surface area (Å²) in [6.07, 6.45) is 1.96. The highest BCUT2D eigenvalue weighted by Gasteiger charge is 2.04. The van der Waals surface area contributed by atoms with Crippen LogP contribution < -0.4 is 10.1 Å². The number of nitrogens with one attached hydrogen (secondary N) is 1. The molecule has 0 bridgehead atoms. The molecule has 0 fully saturated rings. The highest BCUT2D eigenvalue weighted by Crippen LogP contribution is 2.12. The van der Waals surface area contributed by atoms with Crippen LogP contribution >= 0.6 is 0 Å². The first kappa shape index (κ1) is 14.3. The molecular weight excluding hydrogens is 250 g/mol. The molecule has 4 heteroatoms. The van der Waals surface area contributed by atoms with Crippen molar-refractivity contribution in [2.75, 3.05) is 11.9 Å². The lowest BCUT2D eigenvalue weighted by molar-refractivity contribution is 0.295. The number of nitrogens with zero attached hydrogens (tertiary/aromatic N) is 2. The number of hydrogen-bond donors (Lipinski definition) is 1. The Morgan fingerprint density at radius 1 is 1.10 bits per heavy atom. The zero-order valence-electron chi connectivity index (χ0n) is 12.1. The minimum Gasteiger partial charge on any atom is -0.486 e. The third kappa shape index (κ3) is 4.23. The van der Waals surface area contributed by atoms with E-state index in [9.17, 15) is 0 Å². The molecule has 0 saturated heterocycles. The van der Waals surface area contributed by atoms with Crippen LogP contribution in [0.4, 0.5) is 5.82 Å². The van der Waals surface area contributed by atoms with E-state index < -0.39 is 0 Å². The Balaban J connectivity index is 2.06. The first-order valence-corrected chi connectivity index (χ1v) is 7.10. The molecule has 4 nitrogen and oxygen atoms in total. The van der Waals surface area contributed by atoms with Crippen LogP contribution in [-0.2, 0) is 13.0 Å². The molecule has 20 heavy (non-hydrogen) atoms. The average Bonchev–Trinajstić information content (AvgIpc) is 2.51. The number of aromatic nitrogens is 2. The zero-order valence-corrected chi connectivity index (χ0v) is 12.1. The van der Waals surface area contributed by atoms with Gasteiger partial charge in [0.25, 0.3) is 0 Å². The largest absolute Gasteiger partial charge is 0.486 e. The van der Waals surface area contributed by atoms with Gasteiger partial charge in [-0.3, -0.25) is 0 Å². The molecule has 2 aromatic rings. The number of rotatable bonds is 7. The van der Waals surface area contributed by atoms with E-state index >= 15 is 0 Å². The predicted octanol–water partition coefficient (Wildman–Crippen LogP) is 3.44. The van der Waals surface area contributed by atoms with Gasteiger partial charge in [-0.15, -0.1) is 0 Å². The Bertz CT molecular complexity index is 529. The molecule has 0 aliphatic carbocycles. The van der Waals surface area contributed by atoms with Crippen LogP contribution in [0.5, 0.6) is 5.75 Å². The van der Waals surface area contributed by atoms with Crippen molar-refractivity contribution in [1.29, 1.82) is 0 Å². The lowest BCUT2D eigenvalue weighted by atomic mass is 10.3. The third-order valence-electron chi connectivity index (χ3n) is 2.85. The summed E-state index contributed by atoms with van der Waals surface area (Å²) in [5.41, 5.74) is 1.03. The van der Waals surface area contributed by atoms with Crippen LogP contribution in [0.1, 0.15) is 31.8 Å². The fourth-order valence-electron chi connectivity index (χ4n) is 1.81. The Hall–Kier alpha value is -2.10. The fraction of sp³-hybridized carbons (Fsp3) is 0.375. The molecule has 0 atom stereocenters. The maximum absolute atomic E-state index is 5.70. The molecule has 0 unspecified atom stereocenters. The second kappa shape index (κ2) is 7.48. The van der Waals surface area contributed by atoms with Crippen molar-refractivity contribution in [2.24, 2.45) is 0 Å². The summed E-state index contributed by atoms with van der Waals surface area (Å²) in [7, 11) is 0. The molecular formula is C16H21N3O. The van der Waals surface area contributed by atoms with Gasteiger partial charge in [0, 0.05) is 18.3 Å². The topological polar surface area (TPSA) is 47.0 Å². The van der Waals surface area contributed by atoms with Crippen molar-refractivity contribution in [1.82, 2.24) is 9.97 Å². The second-order valence-electron chi connectivity index (χ2n) is 4.54. The molecule has 1 N–H and O–H groups in total. The normalized spacial score (nSPS) is 10.3. The summed E-state index contributed by atoms with van der Waals surface area (Å²) in [6.45, 7) is 5.53. The number of anilines is 1. The van der Waals surface area contributed by atoms with Crippen LogP contribution in [0, 0.1) is 0 Å². The van der Waals surface area contributed by atoms with Gasteiger partial charge < -0.3 is 10.1 Å².